The second-order valence-corrected chi connectivity index (χ2v) is 6.50. The Morgan fingerprint density at radius 1 is 1.08 bits per heavy atom. The average Bonchev–Trinajstić information content (AvgIpc) is 2.96. The quantitative estimate of drug-likeness (QED) is 0.295. The predicted molar refractivity (Wildman–Crippen MR) is 102 cm³/mol. The monoisotopic (exact) mass is 406 g/mol. The van der Waals surface area contributed by atoms with Gasteiger partial charge in [0.25, 0.3) is 5.91 Å². The largest absolute Gasteiger partial charge is 0.380 e. The second-order valence-electron chi connectivity index (χ2n) is 5.70. The van der Waals surface area contributed by atoms with Gasteiger partial charge in [0, 0.05) is 23.9 Å². The van der Waals surface area contributed by atoms with Crippen molar-refractivity contribution in [1.82, 2.24) is 5.32 Å². The van der Waals surface area contributed by atoms with Crippen LogP contribution >= 0.6 is 15.9 Å². The molecule has 1 aromatic rings. The molecule has 1 fully saturated rings. The van der Waals surface area contributed by atoms with Crippen molar-refractivity contribution in [3.05, 3.63) is 29.8 Å². The minimum Gasteiger partial charge on any atom is -0.380 e. The first-order valence-electron chi connectivity index (χ1n) is 8.56. The molecule has 1 aliphatic rings. The van der Waals surface area contributed by atoms with Crippen LogP contribution in [0.25, 0.3) is 0 Å². The number of alkyl halides is 1. The van der Waals surface area contributed by atoms with Gasteiger partial charge in [0.15, 0.2) is 0 Å². The molecule has 5 nitrogen and oxygen atoms in total. The smallest absolute Gasteiger partial charge is 0.329 e. The van der Waals surface area contributed by atoms with Crippen LogP contribution in [0.5, 0.6) is 0 Å². The Bertz CT molecular complexity index is 618. The number of carbonyl (C=O) groups is 2. The zero-order valence-electron chi connectivity index (χ0n) is 14.2. The Kier molecular flexibility index (Phi) is 8.50. The first-order valence-corrected chi connectivity index (χ1v) is 9.68. The van der Waals surface area contributed by atoms with E-state index >= 15 is 0 Å². The number of nitrogens with one attached hydrogen (secondary N) is 1. The summed E-state index contributed by atoms with van der Waals surface area (Å²) in [6, 6.07) is 6.71. The van der Waals surface area contributed by atoms with Crippen LogP contribution in [0.2, 0.25) is 0 Å². The van der Waals surface area contributed by atoms with Gasteiger partial charge in [-0.1, -0.05) is 40.6 Å². The van der Waals surface area contributed by atoms with E-state index in [1.54, 1.807) is 12.1 Å². The molecule has 0 atom stereocenters. The lowest BCUT2D eigenvalue weighted by Gasteiger charge is -2.11. The maximum Gasteiger partial charge on any atom is 0.329 e. The van der Waals surface area contributed by atoms with Gasteiger partial charge in [-0.2, -0.15) is 0 Å². The van der Waals surface area contributed by atoms with Crippen LogP contribution in [0.1, 0.15) is 37.7 Å². The van der Waals surface area contributed by atoms with Gasteiger partial charge in [0.2, 0.25) is 0 Å². The molecule has 1 saturated heterocycles. The van der Waals surface area contributed by atoms with Crippen LogP contribution in [0.3, 0.4) is 0 Å². The van der Waals surface area contributed by atoms with Gasteiger partial charge in [-0.05, 0) is 37.1 Å². The summed E-state index contributed by atoms with van der Waals surface area (Å²) >= 11 is 3.42. The van der Waals surface area contributed by atoms with E-state index in [0.29, 0.717) is 18.7 Å². The molecule has 0 unspecified atom stereocenters. The fraction of sp³-hybridized carbons (Fsp3) is 0.474. The van der Waals surface area contributed by atoms with Crippen molar-refractivity contribution in [2.75, 3.05) is 30.0 Å². The molecule has 3 amide bonds. The Balaban J connectivity index is 1.67. The molecule has 0 aromatic heterocycles. The number of ether oxygens (including phenoxy) is 1. The van der Waals surface area contributed by atoms with Gasteiger partial charge >= 0.3 is 6.03 Å². The van der Waals surface area contributed by atoms with Crippen molar-refractivity contribution in [1.29, 1.82) is 0 Å². The number of amides is 3. The highest BCUT2D eigenvalue weighted by atomic mass is 79.9. The number of anilines is 1. The van der Waals surface area contributed by atoms with Crippen molar-refractivity contribution < 1.29 is 14.3 Å². The normalized spacial score (nSPS) is 13.6. The molecule has 0 spiro atoms. The summed E-state index contributed by atoms with van der Waals surface area (Å²) in [7, 11) is 0. The third kappa shape index (κ3) is 6.52. The number of unbranched alkanes of at least 4 members (excludes halogenated alkanes) is 3. The molecular formula is C19H23BrN2O3. The number of nitrogens with zero attached hydrogens (tertiary/aromatic N) is 1. The molecule has 6 heteroatoms. The number of carbonyl (C=O) groups excluding carboxylic acids is 2. The highest BCUT2D eigenvalue weighted by Gasteiger charge is 2.29. The van der Waals surface area contributed by atoms with Gasteiger partial charge in [-0.25, -0.2) is 9.69 Å². The molecule has 1 N–H and O–H groups in total. The van der Waals surface area contributed by atoms with E-state index in [1.165, 1.54) is 19.3 Å². The summed E-state index contributed by atoms with van der Waals surface area (Å²) in [4.78, 5) is 24.4. The molecular weight excluding hydrogens is 384 g/mol. The summed E-state index contributed by atoms with van der Waals surface area (Å²) < 4.78 is 5.56. The molecule has 0 saturated carbocycles. The highest BCUT2D eigenvalue weighted by molar-refractivity contribution is 9.09. The van der Waals surface area contributed by atoms with Gasteiger partial charge in [-0.3, -0.25) is 4.79 Å². The average molecular weight is 407 g/mol. The van der Waals surface area contributed by atoms with Crippen molar-refractivity contribution in [2.45, 2.75) is 32.1 Å². The molecule has 25 heavy (non-hydrogen) atoms. The number of rotatable bonds is 9. The van der Waals surface area contributed by atoms with E-state index in [4.69, 9.17) is 4.74 Å². The maximum atomic E-state index is 11.6. The minimum atomic E-state index is -0.381. The molecule has 0 aliphatic carbocycles. The first kappa shape index (κ1) is 19.5. The van der Waals surface area contributed by atoms with Crippen molar-refractivity contribution in [3.8, 4) is 11.8 Å². The Morgan fingerprint density at radius 3 is 2.52 bits per heavy atom. The number of halogens is 1. The topological polar surface area (TPSA) is 58.6 Å². The number of imide groups is 1. The lowest BCUT2D eigenvalue weighted by molar-refractivity contribution is -0.115. The zero-order chi connectivity index (χ0) is 17.9. The zero-order valence-corrected chi connectivity index (χ0v) is 15.8. The Morgan fingerprint density at radius 2 is 1.84 bits per heavy atom. The third-order valence-corrected chi connectivity index (χ3v) is 4.31. The second kappa shape index (κ2) is 10.9. The van der Waals surface area contributed by atoms with Crippen molar-refractivity contribution in [2.24, 2.45) is 0 Å². The molecule has 134 valence electrons. The van der Waals surface area contributed by atoms with E-state index in [1.807, 2.05) is 12.1 Å². The molecule has 1 aromatic carbocycles. The van der Waals surface area contributed by atoms with Crippen LogP contribution < -0.4 is 10.2 Å². The van der Waals surface area contributed by atoms with Gasteiger partial charge in [-0.15, -0.1) is 0 Å². The molecule has 0 bridgehead atoms. The van der Waals surface area contributed by atoms with Crippen LogP contribution in [0.4, 0.5) is 10.5 Å². The fourth-order valence-electron chi connectivity index (χ4n) is 2.42. The number of urea groups is 1. The summed E-state index contributed by atoms with van der Waals surface area (Å²) in [5, 5.41) is 3.57. The van der Waals surface area contributed by atoms with E-state index < -0.39 is 0 Å². The minimum absolute atomic E-state index is 0.0525. The van der Waals surface area contributed by atoms with E-state index in [2.05, 4.69) is 33.1 Å². The summed E-state index contributed by atoms with van der Waals surface area (Å²) in [5.41, 5.74) is 1.42. The Labute approximate surface area is 157 Å². The lowest BCUT2D eigenvalue weighted by Crippen LogP contribution is -2.30. The maximum absolute atomic E-state index is 11.6. The van der Waals surface area contributed by atoms with E-state index in [-0.39, 0.29) is 18.5 Å². The lowest BCUT2D eigenvalue weighted by atomic mass is 10.2. The molecule has 1 aliphatic heterocycles. The highest BCUT2D eigenvalue weighted by Crippen LogP contribution is 2.17. The van der Waals surface area contributed by atoms with Gasteiger partial charge in [0.1, 0.15) is 0 Å². The number of hydrogen-bond acceptors (Lipinski definition) is 3. The van der Waals surface area contributed by atoms with E-state index in [0.717, 1.165) is 28.8 Å². The van der Waals surface area contributed by atoms with Gasteiger partial charge < -0.3 is 10.1 Å². The van der Waals surface area contributed by atoms with Crippen LogP contribution in [0.15, 0.2) is 24.3 Å². The van der Waals surface area contributed by atoms with Crippen molar-refractivity contribution >= 4 is 33.6 Å². The predicted octanol–water partition coefficient (Wildman–Crippen LogP) is 3.46. The SMILES string of the molecule is O=C1CNC(=O)N1c1ccc(C#CCCOCCCCCCBr)cc1. The molecule has 1 heterocycles. The number of hydrogen-bond donors (Lipinski definition) is 1. The van der Waals surface area contributed by atoms with Crippen LogP contribution in [0, 0.1) is 11.8 Å². The van der Waals surface area contributed by atoms with Crippen LogP contribution in [-0.2, 0) is 9.53 Å². The standard InChI is InChI=1S/C19H23BrN2O3/c20-12-4-1-2-5-13-25-14-6-3-7-16-8-10-17(11-9-16)22-18(23)15-21-19(22)24/h8-11H,1-2,4-6,12-15H2,(H,21,24). The Hall–Kier alpha value is -1.84. The summed E-state index contributed by atoms with van der Waals surface area (Å²) in [6.45, 7) is 1.49. The van der Waals surface area contributed by atoms with Crippen molar-refractivity contribution in [3.63, 3.8) is 0 Å². The van der Waals surface area contributed by atoms with Crippen LogP contribution in [-0.4, -0.2) is 37.0 Å². The summed E-state index contributed by atoms with van der Waals surface area (Å²) in [5.74, 6) is 5.90. The van der Waals surface area contributed by atoms with Gasteiger partial charge in [0.05, 0.1) is 18.8 Å². The third-order valence-electron chi connectivity index (χ3n) is 3.75. The molecule has 0 radical (unpaired) electrons. The fourth-order valence-corrected chi connectivity index (χ4v) is 2.82. The number of benzene rings is 1. The molecule has 2 rings (SSSR count). The summed E-state index contributed by atoms with van der Waals surface area (Å²) in [6.07, 6.45) is 5.47. The first-order chi connectivity index (χ1) is 12.2. The van der Waals surface area contributed by atoms with E-state index in [9.17, 15) is 9.59 Å².